The fraction of sp³-hybridized carbons (Fsp3) is 0.370. The first-order valence-electron chi connectivity index (χ1n) is 12.6. The molecule has 9 heteroatoms. The molecule has 2 aliphatic heterocycles. The van der Waals surface area contributed by atoms with Gasteiger partial charge in [-0.15, -0.1) is 0 Å². The Morgan fingerprint density at radius 1 is 1.03 bits per heavy atom. The van der Waals surface area contributed by atoms with Crippen LogP contribution in [0.5, 0.6) is 0 Å². The molecule has 3 aromatic heterocycles. The van der Waals surface area contributed by atoms with Gasteiger partial charge in [0, 0.05) is 68.4 Å². The summed E-state index contributed by atoms with van der Waals surface area (Å²) in [6.07, 6.45) is 7.33. The van der Waals surface area contributed by atoms with Gasteiger partial charge in [-0.1, -0.05) is 6.07 Å². The molecule has 5 heterocycles. The van der Waals surface area contributed by atoms with Crippen molar-refractivity contribution in [3.05, 3.63) is 77.9 Å². The van der Waals surface area contributed by atoms with Gasteiger partial charge in [0.1, 0.15) is 17.5 Å². The third-order valence-electron chi connectivity index (χ3n) is 8.01. The number of piperidine rings is 1. The second kappa shape index (κ2) is 8.31. The fourth-order valence-corrected chi connectivity index (χ4v) is 6.09. The Morgan fingerprint density at radius 3 is 2.72 bits per heavy atom. The van der Waals surface area contributed by atoms with Crippen molar-refractivity contribution in [1.29, 1.82) is 0 Å². The summed E-state index contributed by atoms with van der Waals surface area (Å²) in [5.41, 5.74) is 3.53. The summed E-state index contributed by atoms with van der Waals surface area (Å²) in [5, 5.41) is 7.87. The standard InChI is InChI=1S/C27H27F2N7/c28-20-2-4-24(29)23(13-20)27-14-19(27)5-9-35(27)25-6-10-36-26(33-25)22(16-32-36)18-1-3-21(31-15-18)17-34-11-7-30-8-12-34/h1-4,6,10,13,15-16,19,30H,5,7-9,11-12,14,17H2/t19-,27+/m0/s1. The molecule has 1 aliphatic carbocycles. The Labute approximate surface area is 207 Å². The van der Waals surface area contributed by atoms with Crippen molar-refractivity contribution >= 4 is 11.5 Å². The lowest BCUT2D eigenvalue weighted by Gasteiger charge is -2.30. The van der Waals surface area contributed by atoms with Crippen LogP contribution in [0.3, 0.4) is 0 Å². The molecule has 4 aromatic rings. The SMILES string of the molecule is Fc1ccc(F)c([C@@]23C[C@@H]2CCN3c2ccn3ncc(-c4ccc(CN5CCNCC5)nc4)c3n2)c1. The van der Waals surface area contributed by atoms with Crippen molar-refractivity contribution in [3.63, 3.8) is 0 Å². The Morgan fingerprint density at radius 2 is 1.92 bits per heavy atom. The van der Waals surface area contributed by atoms with Crippen LogP contribution in [0.1, 0.15) is 24.1 Å². The van der Waals surface area contributed by atoms with Crippen LogP contribution in [0.15, 0.2) is 55.0 Å². The van der Waals surface area contributed by atoms with E-state index in [-0.39, 0.29) is 5.82 Å². The molecule has 36 heavy (non-hydrogen) atoms. The molecular weight excluding hydrogens is 460 g/mol. The normalized spacial score (nSPS) is 23.8. The lowest BCUT2D eigenvalue weighted by molar-refractivity contribution is 0.231. The average molecular weight is 488 g/mol. The summed E-state index contributed by atoms with van der Waals surface area (Å²) in [6.45, 7) is 5.69. The smallest absolute Gasteiger partial charge is 0.165 e. The molecule has 7 nitrogen and oxygen atoms in total. The quantitative estimate of drug-likeness (QED) is 0.464. The van der Waals surface area contributed by atoms with Crippen LogP contribution in [0.25, 0.3) is 16.8 Å². The Hall–Kier alpha value is -3.43. The number of pyridine rings is 1. The Kier molecular flexibility index (Phi) is 5.04. The van der Waals surface area contributed by atoms with Gasteiger partial charge in [0.05, 0.1) is 17.4 Å². The molecule has 3 fully saturated rings. The Bertz CT molecular complexity index is 1430. The fourth-order valence-electron chi connectivity index (χ4n) is 6.09. The lowest BCUT2D eigenvalue weighted by atomic mass is 10.0. The maximum atomic E-state index is 14.8. The molecule has 2 atom stereocenters. The Balaban J connectivity index is 1.20. The van der Waals surface area contributed by atoms with Gasteiger partial charge < -0.3 is 10.2 Å². The van der Waals surface area contributed by atoms with Gasteiger partial charge in [0.25, 0.3) is 0 Å². The van der Waals surface area contributed by atoms with E-state index in [1.165, 1.54) is 18.2 Å². The summed E-state index contributed by atoms with van der Waals surface area (Å²) >= 11 is 0. The molecule has 0 amide bonds. The molecule has 0 unspecified atom stereocenters. The number of nitrogens with one attached hydrogen (secondary N) is 1. The minimum Gasteiger partial charge on any atom is -0.346 e. The van der Waals surface area contributed by atoms with E-state index in [2.05, 4.69) is 32.3 Å². The predicted molar refractivity (Wildman–Crippen MR) is 132 cm³/mol. The minimum absolute atomic E-state index is 0.309. The summed E-state index contributed by atoms with van der Waals surface area (Å²) < 4.78 is 30.6. The molecule has 2 saturated heterocycles. The highest BCUT2D eigenvalue weighted by molar-refractivity contribution is 5.77. The molecule has 1 aromatic carbocycles. The number of hydrogen-bond donors (Lipinski definition) is 1. The number of anilines is 1. The molecule has 7 rings (SSSR count). The molecule has 0 radical (unpaired) electrons. The molecule has 184 valence electrons. The van der Waals surface area contributed by atoms with E-state index in [1.807, 2.05) is 24.7 Å². The summed E-state index contributed by atoms with van der Waals surface area (Å²) in [6, 6.07) is 9.82. The first-order chi connectivity index (χ1) is 17.6. The zero-order chi connectivity index (χ0) is 24.3. The second-order valence-corrected chi connectivity index (χ2v) is 10.1. The third kappa shape index (κ3) is 3.49. The van der Waals surface area contributed by atoms with Crippen LogP contribution < -0.4 is 10.2 Å². The van der Waals surface area contributed by atoms with Gasteiger partial charge in [0.2, 0.25) is 0 Å². The largest absolute Gasteiger partial charge is 0.346 e. The van der Waals surface area contributed by atoms with E-state index in [9.17, 15) is 8.78 Å². The zero-order valence-electron chi connectivity index (χ0n) is 19.9. The molecular formula is C27H27F2N7. The van der Waals surface area contributed by atoms with Gasteiger partial charge in [-0.3, -0.25) is 9.88 Å². The first-order valence-corrected chi connectivity index (χ1v) is 12.6. The van der Waals surface area contributed by atoms with E-state index in [4.69, 9.17) is 9.97 Å². The second-order valence-electron chi connectivity index (χ2n) is 10.1. The van der Waals surface area contributed by atoms with E-state index in [1.54, 1.807) is 4.52 Å². The third-order valence-corrected chi connectivity index (χ3v) is 8.01. The van der Waals surface area contributed by atoms with Crippen LogP contribution in [0.4, 0.5) is 14.6 Å². The number of piperazine rings is 1. The number of aromatic nitrogens is 4. The number of fused-ring (bicyclic) bond motifs is 2. The molecule has 3 aliphatic rings. The van der Waals surface area contributed by atoms with Gasteiger partial charge in [-0.25, -0.2) is 18.3 Å². The maximum absolute atomic E-state index is 14.8. The van der Waals surface area contributed by atoms with Crippen molar-refractivity contribution < 1.29 is 8.78 Å². The number of halogens is 2. The van der Waals surface area contributed by atoms with Crippen molar-refractivity contribution in [2.45, 2.75) is 24.9 Å². The molecule has 1 N–H and O–H groups in total. The van der Waals surface area contributed by atoms with Crippen LogP contribution in [0.2, 0.25) is 0 Å². The summed E-state index contributed by atoms with van der Waals surface area (Å²) in [4.78, 5) is 14.2. The van der Waals surface area contributed by atoms with Gasteiger partial charge in [-0.05, 0) is 49.1 Å². The molecule has 1 saturated carbocycles. The summed E-state index contributed by atoms with van der Waals surface area (Å²) in [5.74, 6) is 0.302. The van der Waals surface area contributed by atoms with Gasteiger partial charge in [-0.2, -0.15) is 5.10 Å². The highest BCUT2D eigenvalue weighted by atomic mass is 19.1. The van der Waals surface area contributed by atoms with Crippen molar-refractivity contribution in [3.8, 4) is 11.1 Å². The number of benzene rings is 1. The van der Waals surface area contributed by atoms with E-state index >= 15 is 0 Å². The lowest BCUT2D eigenvalue weighted by Crippen LogP contribution is -2.43. The number of rotatable bonds is 5. The monoisotopic (exact) mass is 487 g/mol. The van der Waals surface area contributed by atoms with Gasteiger partial charge in [0.15, 0.2) is 5.65 Å². The zero-order valence-corrected chi connectivity index (χ0v) is 19.9. The van der Waals surface area contributed by atoms with E-state index in [0.717, 1.165) is 80.4 Å². The summed E-state index contributed by atoms with van der Waals surface area (Å²) in [7, 11) is 0. The van der Waals surface area contributed by atoms with Gasteiger partial charge >= 0.3 is 0 Å². The minimum atomic E-state index is -0.523. The number of nitrogens with zero attached hydrogens (tertiary/aromatic N) is 6. The van der Waals surface area contributed by atoms with Crippen LogP contribution in [-0.4, -0.2) is 57.2 Å². The van der Waals surface area contributed by atoms with E-state index < -0.39 is 11.4 Å². The highest BCUT2D eigenvalue weighted by Crippen LogP contribution is 2.63. The predicted octanol–water partition coefficient (Wildman–Crippen LogP) is 3.60. The average Bonchev–Trinajstić information content (AvgIpc) is 3.28. The van der Waals surface area contributed by atoms with Crippen LogP contribution >= 0.6 is 0 Å². The van der Waals surface area contributed by atoms with E-state index in [0.29, 0.717) is 11.5 Å². The number of hydrogen-bond acceptors (Lipinski definition) is 6. The first kappa shape index (κ1) is 21.8. The topological polar surface area (TPSA) is 61.6 Å². The molecule has 0 bridgehead atoms. The van der Waals surface area contributed by atoms with Crippen LogP contribution in [-0.2, 0) is 12.1 Å². The van der Waals surface area contributed by atoms with Crippen LogP contribution in [0, 0.1) is 17.6 Å². The van der Waals surface area contributed by atoms with Crippen molar-refractivity contribution in [2.24, 2.45) is 5.92 Å². The maximum Gasteiger partial charge on any atom is 0.165 e. The molecule has 0 spiro atoms. The van der Waals surface area contributed by atoms with Crippen molar-refractivity contribution in [2.75, 3.05) is 37.6 Å². The van der Waals surface area contributed by atoms with Crippen molar-refractivity contribution in [1.82, 2.24) is 29.8 Å². The highest BCUT2D eigenvalue weighted by Gasteiger charge is 2.64.